The van der Waals surface area contributed by atoms with Crippen molar-refractivity contribution in [3.05, 3.63) is 52.8 Å². The Bertz CT molecular complexity index is 1830. The fraction of sp³-hybridized carbons (Fsp3) is 0.269. The van der Waals surface area contributed by atoms with Crippen molar-refractivity contribution < 1.29 is 9.15 Å². The third-order valence-electron chi connectivity index (χ3n) is 6.97. The molecule has 0 bridgehead atoms. The van der Waals surface area contributed by atoms with Crippen molar-refractivity contribution in [1.82, 2.24) is 44.7 Å². The summed E-state index contributed by atoms with van der Waals surface area (Å²) in [5.41, 5.74) is 3.70. The minimum Gasteiger partial charge on any atom is -0.486 e. The van der Waals surface area contributed by atoms with E-state index in [4.69, 9.17) is 19.1 Å². The predicted octanol–water partition coefficient (Wildman–Crippen LogP) is 3.91. The van der Waals surface area contributed by atoms with E-state index in [-0.39, 0.29) is 28.9 Å². The molecule has 7 rings (SSSR count). The maximum atomic E-state index is 13.6. The van der Waals surface area contributed by atoms with Crippen molar-refractivity contribution in [2.24, 2.45) is 7.05 Å². The predicted molar refractivity (Wildman–Crippen MR) is 138 cm³/mol. The van der Waals surface area contributed by atoms with E-state index in [0.29, 0.717) is 35.2 Å². The number of oxazole rings is 1. The zero-order chi connectivity index (χ0) is 25.8. The third-order valence-corrected chi connectivity index (χ3v) is 6.97. The highest BCUT2D eigenvalue weighted by Gasteiger charge is 2.30. The Balaban J connectivity index is 1.48. The quantitative estimate of drug-likeness (QED) is 0.353. The van der Waals surface area contributed by atoms with Crippen molar-refractivity contribution in [2.45, 2.75) is 32.2 Å². The van der Waals surface area contributed by atoms with Crippen molar-refractivity contribution in [3.8, 4) is 40.4 Å². The van der Waals surface area contributed by atoms with Gasteiger partial charge in [-0.1, -0.05) is 12.1 Å². The first-order valence-corrected chi connectivity index (χ1v) is 12.5. The fourth-order valence-corrected chi connectivity index (χ4v) is 4.86. The van der Waals surface area contributed by atoms with Gasteiger partial charge in [-0.3, -0.25) is 9.36 Å². The van der Waals surface area contributed by atoms with Crippen LogP contribution in [0.2, 0.25) is 0 Å². The monoisotopic (exact) mass is 509 g/mol. The molecule has 0 aliphatic heterocycles. The first-order valence-electron chi connectivity index (χ1n) is 12.5. The highest BCUT2D eigenvalue weighted by Crippen LogP contribution is 2.39. The summed E-state index contributed by atoms with van der Waals surface area (Å²) in [4.78, 5) is 28.1. The zero-order valence-electron chi connectivity index (χ0n) is 20.7. The number of imidazole rings is 1. The molecule has 12 heteroatoms. The van der Waals surface area contributed by atoms with Gasteiger partial charge in [-0.15, -0.1) is 10.2 Å². The van der Waals surface area contributed by atoms with Crippen molar-refractivity contribution >= 4 is 22.1 Å². The molecular formula is C26H23N9O3. The van der Waals surface area contributed by atoms with Gasteiger partial charge in [0.25, 0.3) is 5.56 Å². The first-order chi connectivity index (χ1) is 18.6. The molecule has 0 spiro atoms. The molecule has 4 aromatic heterocycles. The molecule has 0 radical (unpaired) electrons. The van der Waals surface area contributed by atoms with Gasteiger partial charge >= 0.3 is 0 Å². The average molecular weight is 510 g/mol. The number of hydrogen-bond donors (Lipinski definition) is 1. The molecule has 0 unspecified atom stereocenters. The van der Waals surface area contributed by atoms with Crippen LogP contribution in [0.25, 0.3) is 56.8 Å². The molecule has 0 atom stereocenters. The van der Waals surface area contributed by atoms with Crippen LogP contribution in [0, 0.1) is 0 Å². The molecule has 0 saturated heterocycles. The second-order valence-corrected chi connectivity index (χ2v) is 9.23. The number of aromatic nitrogens is 9. The van der Waals surface area contributed by atoms with Gasteiger partial charge < -0.3 is 13.7 Å². The lowest BCUT2D eigenvalue weighted by molar-refractivity contribution is 0.321. The average Bonchev–Trinajstić information content (AvgIpc) is 3.65. The molecule has 12 nitrogen and oxygen atoms in total. The number of fused-ring (bicyclic) bond motifs is 2. The number of hydrogen-bond acceptors (Lipinski definition) is 9. The molecule has 1 fully saturated rings. The largest absolute Gasteiger partial charge is 0.486 e. The van der Waals surface area contributed by atoms with Gasteiger partial charge in [-0.2, -0.15) is 5.21 Å². The number of benzene rings is 2. The van der Waals surface area contributed by atoms with Crippen LogP contribution in [-0.4, -0.2) is 51.3 Å². The van der Waals surface area contributed by atoms with Crippen LogP contribution < -0.4 is 10.3 Å². The Morgan fingerprint density at radius 2 is 1.95 bits per heavy atom. The summed E-state index contributed by atoms with van der Waals surface area (Å²) in [5.74, 6) is 1.81. The molecule has 1 aliphatic carbocycles. The van der Waals surface area contributed by atoms with E-state index < -0.39 is 0 Å². The second-order valence-electron chi connectivity index (χ2n) is 9.23. The second kappa shape index (κ2) is 8.61. The maximum Gasteiger partial charge on any atom is 0.296 e. The minimum absolute atomic E-state index is 0.0935. The molecule has 4 heterocycles. The molecule has 1 saturated carbocycles. The number of H-pyrrole nitrogens is 1. The summed E-state index contributed by atoms with van der Waals surface area (Å²) in [6.45, 7) is 2.11. The van der Waals surface area contributed by atoms with Gasteiger partial charge in [0.15, 0.2) is 22.9 Å². The summed E-state index contributed by atoms with van der Waals surface area (Å²) in [5, 5.41) is 14.4. The lowest BCUT2D eigenvalue weighted by Gasteiger charge is -2.29. The van der Waals surface area contributed by atoms with Crippen molar-refractivity contribution in [1.29, 1.82) is 0 Å². The van der Waals surface area contributed by atoms with E-state index in [1.54, 1.807) is 7.05 Å². The number of aromatic amines is 1. The van der Waals surface area contributed by atoms with E-state index >= 15 is 0 Å². The third kappa shape index (κ3) is 3.40. The van der Waals surface area contributed by atoms with Crippen LogP contribution in [0.15, 0.2) is 51.7 Å². The summed E-state index contributed by atoms with van der Waals surface area (Å²) in [6.07, 6.45) is 3.14. The number of nitrogens with zero attached hydrogens (tertiary/aromatic N) is 8. The van der Waals surface area contributed by atoms with E-state index in [1.807, 2.05) is 49.4 Å². The number of nitrogens with one attached hydrogen (secondary N) is 1. The smallest absolute Gasteiger partial charge is 0.296 e. The Hall–Kier alpha value is -4.87. The summed E-state index contributed by atoms with van der Waals surface area (Å²) >= 11 is 0. The highest BCUT2D eigenvalue weighted by molar-refractivity contribution is 5.84. The lowest BCUT2D eigenvalue weighted by atomic mass is 9.92. The fourth-order valence-electron chi connectivity index (χ4n) is 4.86. The van der Waals surface area contributed by atoms with Gasteiger partial charge in [-0.25, -0.2) is 15.0 Å². The molecule has 2 aromatic carbocycles. The van der Waals surface area contributed by atoms with Crippen LogP contribution in [-0.2, 0) is 7.05 Å². The molecule has 190 valence electrons. The van der Waals surface area contributed by atoms with Gasteiger partial charge in [0, 0.05) is 18.7 Å². The SMILES string of the molecule is CCOc1c(-c2nc3ccccc3o2)nc(-c2nc3ccc(-c4nn[nH]n4)cc3n2C2CCC2)n(C)c1=O. The Kier molecular flexibility index (Phi) is 5.06. The number of para-hydroxylation sites is 2. The van der Waals surface area contributed by atoms with Gasteiger partial charge in [0.05, 0.1) is 17.6 Å². The van der Waals surface area contributed by atoms with E-state index in [2.05, 4.69) is 30.2 Å². The maximum absolute atomic E-state index is 13.6. The summed E-state index contributed by atoms with van der Waals surface area (Å²) in [7, 11) is 1.68. The normalized spacial score (nSPS) is 13.8. The molecule has 0 amide bonds. The van der Waals surface area contributed by atoms with Gasteiger partial charge in [0.1, 0.15) is 5.52 Å². The van der Waals surface area contributed by atoms with Crippen molar-refractivity contribution in [2.75, 3.05) is 6.61 Å². The number of tetrazole rings is 1. The van der Waals surface area contributed by atoms with E-state index in [9.17, 15) is 4.79 Å². The topological polar surface area (TPSA) is 142 Å². The Morgan fingerprint density at radius 3 is 2.68 bits per heavy atom. The highest BCUT2D eigenvalue weighted by atomic mass is 16.5. The van der Waals surface area contributed by atoms with Gasteiger partial charge in [0.2, 0.25) is 17.5 Å². The van der Waals surface area contributed by atoms with Crippen LogP contribution >= 0.6 is 0 Å². The van der Waals surface area contributed by atoms with Crippen LogP contribution in [0.3, 0.4) is 0 Å². The first kappa shape index (κ1) is 22.3. The van der Waals surface area contributed by atoms with E-state index in [0.717, 1.165) is 35.9 Å². The summed E-state index contributed by atoms with van der Waals surface area (Å²) in [6, 6.07) is 13.5. The Labute approximate surface area is 215 Å². The number of ether oxygens (including phenoxy) is 1. The van der Waals surface area contributed by atoms with Crippen LogP contribution in [0.1, 0.15) is 32.2 Å². The molecule has 1 aliphatic rings. The molecule has 1 N–H and O–H groups in total. The molecule has 6 aromatic rings. The van der Waals surface area contributed by atoms with Crippen LogP contribution in [0.4, 0.5) is 0 Å². The Morgan fingerprint density at radius 1 is 1.08 bits per heavy atom. The lowest BCUT2D eigenvalue weighted by Crippen LogP contribution is -2.26. The zero-order valence-corrected chi connectivity index (χ0v) is 20.7. The number of rotatable bonds is 6. The summed E-state index contributed by atoms with van der Waals surface area (Å²) < 4.78 is 15.4. The minimum atomic E-state index is -0.339. The van der Waals surface area contributed by atoms with E-state index in [1.165, 1.54) is 4.57 Å². The van der Waals surface area contributed by atoms with Crippen molar-refractivity contribution in [3.63, 3.8) is 0 Å². The molecular weight excluding hydrogens is 486 g/mol. The molecule has 38 heavy (non-hydrogen) atoms. The van der Waals surface area contributed by atoms with Crippen LogP contribution in [0.5, 0.6) is 5.75 Å². The standard InChI is InChI=1S/C26H23N9O3/c1-3-37-21-20(25-28-17-9-4-5-10-19(17)38-25)29-23(34(2)26(21)36)24-27-16-12-11-14(22-30-32-33-31-22)13-18(16)35(24)15-7-6-8-15/h4-5,9-13,15H,3,6-8H2,1-2H3,(H,30,31,32,33). The van der Waals surface area contributed by atoms with Gasteiger partial charge in [-0.05, 0) is 61.7 Å².